The van der Waals surface area contributed by atoms with E-state index in [0.717, 1.165) is 5.57 Å². The van der Waals surface area contributed by atoms with Gasteiger partial charge in [-0.15, -0.1) is 0 Å². The lowest BCUT2D eigenvalue weighted by molar-refractivity contribution is 0.488. The van der Waals surface area contributed by atoms with Crippen molar-refractivity contribution in [1.29, 1.82) is 0 Å². The molecule has 1 rings (SSSR count). The summed E-state index contributed by atoms with van der Waals surface area (Å²) < 4.78 is 30.1. The molecule has 0 atom stereocenters. The number of allylic oxidation sites excluding steroid dienone is 3. The maximum Gasteiger partial charge on any atom is 0.290 e. The molecule has 0 fully saturated rings. The minimum atomic E-state index is -4.06. The van der Waals surface area contributed by atoms with Crippen LogP contribution in [0.4, 0.5) is 0 Å². The maximum atomic E-state index is 10.7. The topological polar surface area (TPSA) is 103 Å². The van der Waals surface area contributed by atoms with Crippen molar-refractivity contribution in [3.8, 4) is 0 Å². The highest BCUT2D eigenvalue weighted by atomic mass is 32.2. The second-order valence-electron chi connectivity index (χ2n) is 2.82. The van der Waals surface area contributed by atoms with Crippen LogP contribution in [0.15, 0.2) is 27.7 Å². The smallest absolute Gasteiger partial charge is 0.282 e. The monoisotopic (exact) mass is 215 g/mol. The fraction of sp³-hybridized carbons (Fsp3) is 0.429. The quantitative estimate of drug-likeness (QED) is 0.336. The highest BCUT2D eigenvalue weighted by molar-refractivity contribution is 7.89. The number of azide groups is 1. The maximum absolute atomic E-state index is 10.7. The van der Waals surface area contributed by atoms with Crippen molar-refractivity contribution in [3.05, 3.63) is 33.1 Å². The zero-order valence-electron chi connectivity index (χ0n) is 7.29. The predicted molar refractivity (Wildman–Crippen MR) is 51.0 cm³/mol. The number of hydrogen-bond donors (Lipinski definition) is 1. The van der Waals surface area contributed by atoms with Crippen LogP contribution in [0.25, 0.3) is 10.4 Å². The zero-order valence-corrected chi connectivity index (χ0v) is 8.11. The summed E-state index contributed by atoms with van der Waals surface area (Å²) >= 11 is 0. The second kappa shape index (κ2) is 4.28. The summed E-state index contributed by atoms with van der Waals surface area (Å²) in [5, 5.41) is 3.35. The summed E-state index contributed by atoms with van der Waals surface area (Å²) in [6.45, 7) is 0.242. The van der Waals surface area contributed by atoms with E-state index in [9.17, 15) is 8.42 Å². The molecule has 0 amide bonds. The van der Waals surface area contributed by atoms with E-state index in [2.05, 4.69) is 10.0 Å². The molecular formula is C7H9N3O3S. The Kier molecular flexibility index (Phi) is 3.29. The fourth-order valence-electron chi connectivity index (χ4n) is 1.13. The molecule has 0 spiro atoms. The van der Waals surface area contributed by atoms with Crippen LogP contribution in [0.2, 0.25) is 0 Å². The van der Waals surface area contributed by atoms with Crippen molar-refractivity contribution in [3.63, 3.8) is 0 Å². The molecule has 0 heterocycles. The molecule has 0 aromatic carbocycles. The minimum Gasteiger partial charge on any atom is -0.282 e. The van der Waals surface area contributed by atoms with Crippen molar-refractivity contribution >= 4 is 10.1 Å². The van der Waals surface area contributed by atoms with Gasteiger partial charge >= 0.3 is 0 Å². The van der Waals surface area contributed by atoms with E-state index in [4.69, 9.17) is 10.1 Å². The molecule has 1 N–H and O–H groups in total. The molecule has 0 aromatic heterocycles. The zero-order chi connectivity index (χ0) is 10.6. The molecule has 1 aliphatic carbocycles. The first-order valence-electron chi connectivity index (χ1n) is 3.91. The third-order valence-electron chi connectivity index (χ3n) is 1.87. The predicted octanol–water partition coefficient (Wildman–Crippen LogP) is 1.79. The van der Waals surface area contributed by atoms with Gasteiger partial charge in [0, 0.05) is 11.5 Å². The van der Waals surface area contributed by atoms with Gasteiger partial charge in [0.25, 0.3) is 10.1 Å². The molecule has 6 nitrogen and oxygen atoms in total. The van der Waals surface area contributed by atoms with Gasteiger partial charge in [0.1, 0.15) is 0 Å². The Morgan fingerprint density at radius 3 is 2.64 bits per heavy atom. The number of nitrogens with zero attached hydrogens (tertiary/aromatic N) is 3. The lowest BCUT2D eigenvalue weighted by Gasteiger charge is -2.10. The summed E-state index contributed by atoms with van der Waals surface area (Å²) in [4.78, 5) is 2.60. The molecular weight excluding hydrogens is 206 g/mol. The second-order valence-corrected chi connectivity index (χ2v) is 4.30. The van der Waals surface area contributed by atoms with Crippen LogP contribution in [-0.4, -0.2) is 19.5 Å². The van der Waals surface area contributed by atoms with Crippen LogP contribution < -0.4 is 0 Å². The molecule has 76 valence electrons. The van der Waals surface area contributed by atoms with Crippen molar-refractivity contribution in [2.75, 3.05) is 6.54 Å². The summed E-state index contributed by atoms with van der Waals surface area (Å²) in [6, 6.07) is 0. The van der Waals surface area contributed by atoms with Crippen molar-refractivity contribution < 1.29 is 13.0 Å². The van der Waals surface area contributed by atoms with Crippen LogP contribution >= 0.6 is 0 Å². The molecule has 7 heteroatoms. The average Bonchev–Trinajstić information content (AvgIpc) is 2.14. The van der Waals surface area contributed by atoms with E-state index in [1.807, 2.05) is 0 Å². The summed E-state index contributed by atoms with van der Waals surface area (Å²) in [5.74, 6) is 0. The summed E-state index contributed by atoms with van der Waals surface area (Å²) in [5.41, 5.74) is 8.91. The van der Waals surface area contributed by atoms with Crippen LogP contribution in [0.1, 0.15) is 12.8 Å². The molecule has 0 bridgehead atoms. The van der Waals surface area contributed by atoms with Crippen LogP contribution in [-0.2, 0) is 10.1 Å². The first-order valence-corrected chi connectivity index (χ1v) is 5.35. The van der Waals surface area contributed by atoms with Crippen molar-refractivity contribution in [2.45, 2.75) is 12.8 Å². The van der Waals surface area contributed by atoms with Gasteiger partial charge in [0.15, 0.2) is 0 Å². The minimum absolute atomic E-state index is 0.00203. The molecule has 0 radical (unpaired) electrons. The number of hydrogen-bond acceptors (Lipinski definition) is 3. The molecule has 0 aliphatic heterocycles. The molecule has 14 heavy (non-hydrogen) atoms. The van der Waals surface area contributed by atoms with Crippen molar-refractivity contribution in [2.24, 2.45) is 5.11 Å². The van der Waals surface area contributed by atoms with Gasteiger partial charge in [0.05, 0.1) is 4.91 Å². The Balaban J connectivity index is 2.79. The molecule has 0 saturated heterocycles. The first kappa shape index (κ1) is 10.8. The largest absolute Gasteiger partial charge is 0.290 e. The van der Waals surface area contributed by atoms with Gasteiger partial charge in [0.2, 0.25) is 0 Å². The van der Waals surface area contributed by atoms with Gasteiger partial charge in [-0.1, -0.05) is 16.8 Å². The fourth-order valence-corrected chi connectivity index (χ4v) is 1.73. The Hall–Kier alpha value is -1.30. The van der Waals surface area contributed by atoms with Crippen molar-refractivity contribution in [1.82, 2.24) is 0 Å². The standard InChI is InChI=1S/C7H9N3O3S/c8-10-9-5-6-1-3-7(4-2-6)14(11,12)13/h1,3H,2,4-5H2,(H,11,12,13). The lowest BCUT2D eigenvalue weighted by Crippen LogP contribution is -2.05. The van der Waals surface area contributed by atoms with E-state index in [1.165, 1.54) is 6.08 Å². The summed E-state index contributed by atoms with van der Waals surface area (Å²) in [6.07, 6.45) is 3.64. The summed E-state index contributed by atoms with van der Waals surface area (Å²) in [7, 11) is -4.06. The molecule has 0 unspecified atom stereocenters. The third kappa shape index (κ3) is 2.88. The average molecular weight is 215 g/mol. The van der Waals surface area contributed by atoms with Gasteiger partial charge in [-0.2, -0.15) is 8.42 Å². The SMILES string of the molecule is [N-]=[N+]=NCC1=CC=C(S(=O)(=O)O)CC1. The Labute approximate surface area is 81.3 Å². The van der Waals surface area contributed by atoms with Crippen LogP contribution in [0.5, 0.6) is 0 Å². The van der Waals surface area contributed by atoms with Gasteiger partial charge in [-0.3, -0.25) is 4.55 Å². The van der Waals surface area contributed by atoms with Crippen LogP contribution in [0.3, 0.4) is 0 Å². The highest BCUT2D eigenvalue weighted by Crippen LogP contribution is 2.21. The molecule has 0 aromatic rings. The Morgan fingerprint density at radius 1 is 1.50 bits per heavy atom. The molecule has 1 aliphatic rings. The van der Waals surface area contributed by atoms with E-state index in [1.54, 1.807) is 6.08 Å². The van der Waals surface area contributed by atoms with E-state index in [-0.39, 0.29) is 17.9 Å². The van der Waals surface area contributed by atoms with E-state index >= 15 is 0 Å². The van der Waals surface area contributed by atoms with Gasteiger partial charge < -0.3 is 0 Å². The van der Waals surface area contributed by atoms with Gasteiger partial charge in [-0.05, 0) is 24.4 Å². The Bertz CT molecular complexity index is 429. The van der Waals surface area contributed by atoms with Crippen LogP contribution in [0, 0.1) is 0 Å². The highest BCUT2D eigenvalue weighted by Gasteiger charge is 2.16. The van der Waals surface area contributed by atoms with E-state index in [0.29, 0.717) is 6.42 Å². The number of rotatable bonds is 3. The van der Waals surface area contributed by atoms with Gasteiger partial charge in [-0.25, -0.2) is 0 Å². The van der Waals surface area contributed by atoms with E-state index < -0.39 is 10.1 Å². The third-order valence-corrected chi connectivity index (χ3v) is 2.87. The molecule has 0 saturated carbocycles. The normalized spacial score (nSPS) is 16.6. The first-order chi connectivity index (χ1) is 6.54. The Morgan fingerprint density at radius 2 is 2.21 bits per heavy atom. The lowest BCUT2D eigenvalue weighted by atomic mass is 10.1.